The van der Waals surface area contributed by atoms with Crippen molar-refractivity contribution >= 4 is 30.1 Å². The molecular weight excluding hydrogens is 280 g/mol. The maximum Gasteiger partial charge on any atom is 0.233 e. The number of hydrogen-bond donors (Lipinski definition) is 2. The van der Waals surface area contributed by atoms with E-state index in [2.05, 4.69) is 10.6 Å². The van der Waals surface area contributed by atoms with Gasteiger partial charge in [-0.1, -0.05) is 25.1 Å². The number of carbonyl (C=O) groups excluding carboxylic acids is 1. The largest absolute Gasteiger partial charge is 0.355 e. The molecule has 3 nitrogen and oxygen atoms in total. The van der Waals surface area contributed by atoms with Crippen molar-refractivity contribution in [3.63, 3.8) is 0 Å². The summed E-state index contributed by atoms with van der Waals surface area (Å²) in [5.41, 5.74) is 0. The molecule has 0 aliphatic heterocycles. The van der Waals surface area contributed by atoms with E-state index in [1.165, 1.54) is 0 Å². The lowest BCUT2D eigenvalue weighted by molar-refractivity contribution is -0.120. The van der Waals surface area contributed by atoms with E-state index >= 15 is 0 Å². The van der Waals surface area contributed by atoms with E-state index in [1.807, 2.05) is 44.3 Å². The highest BCUT2D eigenvalue weighted by Gasteiger charge is 2.16. The molecule has 0 saturated carbocycles. The average molecular weight is 303 g/mol. The van der Waals surface area contributed by atoms with Crippen molar-refractivity contribution in [2.24, 2.45) is 0 Å². The number of thioether (sulfide) groups is 1. The highest BCUT2D eigenvalue weighted by atomic mass is 35.5. The standard InChI is InChI=1S/C14H22N2OS.ClH/c1-3-13(14(17)16-11-7-10-15-2)18-12-8-5-4-6-9-12;/h4-6,8-9,13,15H,3,7,10-11H2,1-2H3,(H,16,17);1H. The zero-order valence-corrected chi connectivity index (χ0v) is 13.2. The van der Waals surface area contributed by atoms with Gasteiger partial charge in [-0.05, 0) is 38.6 Å². The summed E-state index contributed by atoms with van der Waals surface area (Å²) >= 11 is 1.63. The fourth-order valence-corrected chi connectivity index (χ4v) is 2.58. The van der Waals surface area contributed by atoms with E-state index in [0.29, 0.717) is 0 Å². The van der Waals surface area contributed by atoms with Gasteiger partial charge < -0.3 is 10.6 Å². The molecule has 0 aliphatic carbocycles. The van der Waals surface area contributed by atoms with Gasteiger partial charge in [0.15, 0.2) is 0 Å². The molecule has 5 heteroatoms. The molecule has 108 valence electrons. The minimum absolute atomic E-state index is 0. The quantitative estimate of drug-likeness (QED) is 0.573. The third kappa shape index (κ3) is 7.45. The summed E-state index contributed by atoms with van der Waals surface area (Å²) in [6, 6.07) is 10.1. The van der Waals surface area contributed by atoms with Crippen LogP contribution in [-0.2, 0) is 4.79 Å². The van der Waals surface area contributed by atoms with Crippen molar-refractivity contribution in [2.45, 2.75) is 29.9 Å². The molecule has 0 fully saturated rings. The van der Waals surface area contributed by atoms with Crippen LogP contribution in [0.25, 0.3) is 0 Å². The number of hydrogen-bond acceptors (Lipinski definition) is 3. The lowest BCUT2D eigenvalue weighted by atomic mass is 10.3. The molecule has 1 rings (SSSR count). The SMILES string of the molecule is CCC(Sc1ccccc1)C(=O)NCCCNC.Cl. The van der Waals surface area contributed by atoms with Crippen LogP contribution in [0.3, 0.4) is 0 Å². The minimum atomic E-state index is 0. The number of nitrogens with one attached hydrogen (secondary N) is 2. The van der Waals surface area contributed by atoms with Crippen LogP contribution in [0.1, 0.15) is 19.8 Å². The second-order valence-corrected chi connectivity index (χ2v) is 5.35. The average Bonchev–Trinajstić information content (AvgIpc) is 2.42. The molecule has 19 heavy (non-hydrogen) atoms. The zero-order valence-electron chi connectivity index (χ0n) is 11.5. The molecular formula is C14H23ClN2OS. The smallest absolute Gasteiger partial charge is 0.233 e. The Hall–Kier alpha value is -0.710. The van der Waals surface area contributed by atoms with E-state index in [9.17, 15) is 4.79 Å². The monoisotopic (exact) mass is 302 g/mol. The Kier molecular flexibility index (Phi) is 10.7. The van der Waals surface area contributed by atoms with Crippen LogP contribution in [0.15, 0.2) is 35.2 Å². The summed E-state index contributed by atoms with van der Waals surface area (Å²) in [6.07, 6.45) is 1.81. The van der Waals surface area contributed by atoms with E-state index < -0.39 is 0 Å². The normalized spacial score (nSPS) is 11.5. The molecule has 0 aromatic heterocycles. The predicted molar refractivity (Wildman–Crippen MR) is 85.2 cm³/mol. The van der Waals surface area contributed by atoms with Gasteiger partial charge in [0.2, 0.25) is 5.91 Å². The molecule has 1 aromatic carbocycles. The molecule has 2 N–H and O–H groups in total. The minimum Gasteiger partial charge on any atom is -0.355 e. The van der Waals surface area contributed by atoms with Crippen LogP contribution in [0, 0.1) is 0 Å². The van der Waals surface area contributed by atoms with Gasteiger partial charge in [0, 0.05) is 11.4 Å². The van der Waals surface area contributed by atoms with Crippen molar-refractivity contribution in [1.29, 1.82) is 0 Å². The predicted octanol–water partition coefficient (Wildman–Crippen LogP) is 2.70. The van der Waals surface area contributed by atoms with Gasteiger partial charge >= 0.3 is 0 Å². The molecule has 0 radical (unpaired) electrons. The molecule has 1 amide bonds. The number of rotatable bonds is 8. The highest BCUT2D eigenvalue weighted by molar-refractivity contribution is 8.00. The van der Waals surface area contributed by atoms with E-state index in [-0.39, 0.29) is 23.6 Å². The maximum absolute atomic E-state index is 12.0. The molecule has 0 bridgehead atoms. The molecule has 0 heterocycles. The Morgan fingerprint density at radius 3 is 2.53 bits per heavy atom. The summed E-state index contributed by atoms with van der Waals surface area (Å²) in [7, 11) is 1.92. The van der Waals surface area contributed by atoms with Crippen LogP contribution in [-0.4, -0.2) is 31.3 Å². The third-order valence-electron chi connectivity index (χ3n) is 2.59. The number of halogens is 1. The van der Waals surface area contributed by atoms with Crippen molar-refractivity contribution in [1.82, 2.24) is 10.6 Å². The maximum atomic E-state index is 12.0. The Morgan fingerprint density at radius 1 is 1.26 bits per heavy atom. The van der Waals surface area contributed by atoms with Crippen LogP contribution in [0.5, 0.6) is 0 Å². The lowest BCUT2D eigenvalue weighted by Crippen LogP contribution is -2.33. The van der Waals surface area contributed by atoms with Gasteiger partial charge in [-0.2, -0.15) is 0 Å². The second kappa shape index (κ2) is 11.1. The molecule has 0 saturated heterocycles. The molecule has 1 aromatic rings. The first kappa shape index (κ1) is 18.3. The summed E-state index contributed by atoms with van der Waals surface area (Å²) < 4.78 is 0. The summed E-state index contributed by atoms with van der Waals surface area (Å²) in [5.74, 6) is 0.141. The summed E-state index contributed by atoms with van der Waals surface area (Å²) in [6.45, 7) is 3.72. The zero-order chi connectivity index (χ0) is 13.2. The molecule has 0 aliphatic rings. The van der Waals surface area contributed by atoms with Gasteiger partial charge in [0.1, 0.15) is 0 Å². The van der Waals surface area contributed by atoms with Crippen LogP contribution in [0.2, 0.25) is 0 Å². The van der Waals surface area contributed by atoms with Gasteiger partial charge in [-0.3, -0.25) is 4.79 Å². The third-order valence-corrected chi connectivity index (χ3v) is 3.96. The van der Waals surface area contributed by atoms with E-state index in [1.54, 1.807) is 11.8 Å². The summed E-state index contributed by atoms with van der Waals surface area (Å²) in [5, 5.41) is 6.06. The first-order valence-corrected chi connectivity index (χ1v) is 7.30. The van der Waals surface area contributed by atoms with E-state index in [0.717, 1.165) is 30.8 Å². The fourth-order valence-electron chi connectivity index (χ4n) is 1.58. The Labute approximate surface area is 126 Å². The van der Waals surface area contributed by atoms with Crippen LogP contribution < -0.4 is 10.6 Å². The van der Waals surface area contributed by atoms with Crippen molar-refractivity contribution in [3.05, 3.63) is 30.3 Å². The van der Waals surface area contributed by atoms with Gasteiger partial charge in [0.25, 0.3) is 0 Å². The van der Waals surface area contributed by atoms with E-state index in [4.69, 9.17) is 0 Å². The van der Waals surface area contributed by atoms with Crippen molar-refractivity contribution in [3.8, 4) is 0 Å². The van der Waals surface area contributed by atoms with Crippen molar-refractivity contribution in [2.75, 3.05) is 20.1 Å². The Balaban J connectivity index is 0.00000324. The molecule has 1 atom stereocenters. The van der Waals surface area contributed by atoms with Gasteiger partial charge in [-0.15, -0.1) is 24.2 Å². The molecule has 0 spiro atoms. The van der Waals surface area contributed by atoms with Crippen LogP contribution >= 0.6 is 24.2 Å². The number of benzene rings is 1. The first-order chi connectivity index (χ1) is 8.77. The Morgan fingerprint density at radius 2 is 1.95 bits per heavy atom. The number of carbonyl (C=O) groups is 1. The number of amides is 1. The topological polar surface area (TPSA) is 41.1 Å². The van der Waals surface area contributed by atoms with Gasteiger partial charge in [0.05, 0.1) is 5.25 Å². The second-order valence-electron chi connectivity index (χ2n) is 4.08. The summed E-state index contributed by atoms with van der Waals surface area (Å²) in [4.78, 5) is 13.1. The van der Waals surface area contributed by atoms with Gasteiger partial charge in [-0.25, -0.2) is 0 Å². The highest BCUT2D eigenvalue weighted by Crippen LogP contribution is 2.24. The Bertz CT molecular complexity index is 349. The van der Waals surface area contributed by atoms with Crippen molar-refractivity contribution < 1.29 is 4.79 Å². The molecule has 1 unspecified atom stereocenters. The first-order valence-electron chi connectivity index (χ1n) is 6.42. The lowest BCUT2D eigenvalue weighted by Gasteiger charge is -2.14. The fraction of sp³-hybridized carbons (Fsp3) is 0.500. The van der Waals surface area contributed by atoms with Crippen LogP contribution in [0.4, 0.5) is 0 Å².